The van der Waals surface area contributed by atoms with E-state index in [-0.39, 0.29) is 18.1 Å². The minimum absolute atomic E-state index is 0.122. The molecule has 1 aromatic carbocycles. The van der Waals surface area contributed by atoms with Gasteiger partial charge in [0, 0.05) is 24.8 Å². The lowest BCUT2D eigenvalue weighted by atomic mass is 10.2. The number of aromatic nitrogens is 2. The summed E-state index contributed by atoms with van der Waals surface area (Å²) in [7, 11) is 0. The highest BCUT2D eigenvalue weighted by Crippen LogP contribution is 2.27. The summed E-state index contributed by atoms with van der Waals surface area (Å²) in [6, 6.07) is 11.2. The Kier molecular flexibility index (Phi) is 4.84. The number of morpholine rings is 1. The Morgan fingerprint density at radius 3 is 2.70 bits per heavy atom. The fourth-order valence-electron chi connectivity index (χ4n) is 3.19. The number of halogens is 1. The molecule has 0 saturated carbocycles. The average molecular weight is 431 g/mol. The molecule has 0 radical (unpaired) electrons. The lowest BCUT2D eigenvalue weighted by Gasteiger charge is -2.34. The Morgan fingerprint density at radius 2 is 1.96 bits per heavy atom. The molecule has 7 nitrogen and oxygen atoms in total. The molecule has 27 heavy (non-hydrogen) atoms. The smallest absolute Gasteiger partial charge is 0.298 e. The number of benzene rings is 1. The Labute approximate surface area is 164 Å². The van der Waals surface area contributed by atoms with Crippen LogP contribution in [0.15, 0.2) is 45.4 Å². The van der Waals surface area contributed by atoms with Crippen LogP contribution in [-0.2, 0) is 4.74 Å². The van der Waals surface area contributed by atoms with Gasteiger partial charge in [-0.15, -0.1) is 0 Å². The van der Waals surface area contributed by atoms with Crippen LogP contribution in [-0.4, -0.2) is 41.2 Å². The number of anilines is 2. The number of oxazole rings is 1. The molecule has 1 amide bonds. The molecule has 2 aromatic heterocycles. The largest absolute Gasteiger partial charge is 0.423 e. The van der Waals surface area contributed by atoms with Gasteiger partial charge in [0.2, 0.25) is 0 Å². The molecule has 1 aliphatic heterocycles. The number of nitrogens with zero attached hydrogens (tertiary/aromatic N) is 3. The van der Waals surface area contributed by atoms with Crippen LogP contribution in [0.4, 0.5) is 11.7 Å². The number of ether oxygens (including phenoxy) is 1. The summed E-state index contributed by atoms with van der Waals surface area (Å²) in [5.41, 5.74) is 2.33. The van der Waals surface area contributed by atoms with Gasteiger partial charge in [-0.05, 0) is 54.0 Å². The SMILES string of the molecule is CC1CN(c2nc3ccc(NC(=O)c4cccc(Br)n4)cc3o2)CC(C)O1. The van der Waals surface area contributed by atoms with Crippen molar-refractivity contribution in [2.24, 2.45) is 0 Å². The third kappa shape index (κ3) is 3.96. The average Bonchev–Trinajstić information content (AvgIpc) is 3.04. The summed E-state index contributed by atoms with van der Waals surface area (Å²) >= 11 is 3.27. The highest BCUT2D eigenvalue weighted by molar-refractivity contribution is 9.10. The van der Waals surface area contributed by atoms with Crippen LogP contribution in [0.25, 0.3) is 11.1 Å². The second kappa shape index (κ2) is 7.28. The van der Waals surface area contributed by atoms with Gasteiger partial charge in [0.15, 0.2) is 5.58 Å². The molecule has 2 atom stereocenters. The van der Waals surface area contributed by atoms with Gasteiger partial charge < -0.3 is 19.4 Å². The number of hydrogen-bond acceptors (Lipinski definition) is 6. The predicted molar refractivity (Wildman–Crippen MR) is 106 cm³/mol. The lowest BCUT2D eigenvalue weighted by Crippen LogP contribution is -2.45. The second-order valence-corrected chi connectivity index (χ2v) is 7.45. The fraction of sp³-hybridized carbons (Fsp3) is 0.316. The maximum absolute atomic E-state index is 12.4. The number of carbonyl (C=O) groups excluding carboxylic acids is 1. The molecule has 0 bridgehead atoms. The first kappa shape index (κ1) is 17.9. The molecule has 1 aliphatic rings. The summed E-state index contributed by atoms with van der Waals surface area (Å²) in [6.45, 7) is 5.54. The van der Waals surface area contributed by atoms with Crippen molar-refractivity contribution in [1.29, 1.82) is 0 Å². The first-order valence-electron chi connectivity index (χ1n) is 8.73. The zero-order chi connectivity index (χ0) is 19.0. The van der Waals surface area contributed by atoms with Crippen molar-refractivity contribution in [3.8, 4) is 0 Å². The van der Waals surface area contributed by atoms with Crippen LogP contribution in [0, 0.1) is 0 Å². The summed E-state index contributed by atoms with van der Waals surface area (Å²) in [5, 5.41) is 2.84. The van der Waals surface area contributed by atoms with Gasteiger partial charge in [-0.1, -0.05) is 6.07 Å². The van der Waals surface area contributed by atoms with Crippen LogP contribution < -0.4 is 10.2 Å². The Morgan fingerprint density at radius 1 is 1.19 bits per heavy atom. The minimum Gasteiger partial charge on any atom is -0.423 e. The van der Waals surface area contributed by atoms with Crippen molar-refractivity contribution in [2.45, 2.75) is 26.1 Å². The van der Waals surface area contributed by atoms with Crippen molar-refractivity contribution < 1.29 is 13.9 Å². The molecule has 8 heteroatoms. The topological polar surface area (TPSA) is 80.5 Å². The first-order valence-corrected chi connectivity index (χ1v) is 9.52. The van der Waals surface area contributed by atoms with Gasteiger partial charge in [0.05, 0.1) is 12.2 Å². The minimum atomic E-state index is -0.286. The maximum Gasteiger partial charge on any atom is 0.298 e. The molecule has 1 N–H and O–H groups in total. The summed E-state index contributed by atoms with van der Waals surface area (Å²) in [6.07, 6.45) is 0.243. The fourth-order valence-corrected chi connectivity index (χ4v) is 3.53. The van der Waals surface area contributed by atoms with Crippen molar-refractivity contribution in [2.75, 3.05) is 23.3 Å². The number of carbonyl (C=O) groups is 1. The van der Waals surface area contributed by atoms with E-state index in [2.05, 4.69) is 36.1 Å². The Hall–Kier alpha value is -2.45. The van der Waals surface area contributed by atoms with E-state index < -0.39 is 0 Å². The van der Waals surface area contributed by atoms with Crippen LogP contribution in [0.3, 0.4) is 0 Å². The maximum atomic E-state index is 12.4. The van der Waals surface area contributed by atoms with Crippen LogP contribution in [0.1, 0.15) is 24.3 Å². The molecule has 3 aromatic rings. The third-order valence-corrected chi connectivity index (χ3v) is 4.71. The molecular formula is C19H19BrN4O3. The van der Waals surface area contributed by atoms with E-state index in [1.165, 1.54) is 0 Å². The number of pyridine rings is 1. The van der Waals surface area contributed by atoms with Crippen molar-refractivity contribution in [3.05, 3.63) is 46.7 Å². The zero-order valence-corrected chi connectivity index (χ0v) is 16.6. The Bertz CT molecular complexity index is 980. The van der Waals surface area contributed by atoms with Crippen molar-refractivity contribution >= 4 is 44.6 Å². The van der Waals surface area contributed by atoms with Gasteiger partial charge in [-0.3, -0.25) is 4.79 Å². The lowest BCUT2D eigenvalue weighted by molar-refractivity contribution is -0.00662. The zero-order valence-electron chi connectivity index (χ0n) is 15.0. The number of rotatable bonds is 3. The highest BCUT2D eigenvalue weighted by atomic mass is 79.9. The number of nitrogens with one attached hydrogen (secondary N) is 1. The van der Waals surface area contributed by atoms with Crippen LogP contribution in [0.2, 0.25) is 0 Å². The van der Waals surface area contributed by atoms with E-state index in [0.29, 0.717) is 27.6 Å². The quantitative estimate of drug-likeness (QED) is 0.635. The summed E-state index contributed by atoms with van der Waals surface area (Å²) < 4.78 is 12.3. The predicted octanol–water partition coefficient (Wildman–Crippen LogP) is 3.85. The van der Waals surface area contributed by atoms with Crippen LogP contribution in [0.5, 0.6) is 0 Å². The second-order valence-electron chi connectivity index (χ2n) is 6.64. The molecule has 4 rings (SSSR count). The number of amides is 1. The molecule has 3 heterocycles. The van der Waals surface area contributed by atoms with E-state index in [0.717, 1.165) is 18.6 Å². The van der Waals surface area contributed by atoms with E-state index in [1.807, 2.05) is 19.9 Å². The van der Waals surface area contributed by atoms with Crippen molar-refractivity contribution in [3.63, 3.8) is 0 Å². The van der Waals surface area contributed by atoms with Gasteiger partial charge >= 0.3 is 0 Å². The normalized spacial score (nSPS) is 20.0. The summed E-state index contributed by atoms with van der Waals surface area (Å²) in [5.74, 6) is -0.286. The Balaban J connectivity index is 1.55. The molecule has 2 unspecified atom stereocenters. The van der Waals surface area contributed by atoms with Crippen LogP contribution >= 0.6 is 15.9 Å². The van der Waals surface area contributed by atoms with E-state index in [9.17, 15) is 4.79 Å². The molecular weight excluding hydrogens is 412 g/mol. The standard InChI is InChI=1S/C19H19BrN4O3/c1-11-9-24(10-12(2)26-11)19-23-14-7-6-13(8-16(14)27-19)21-18(25)15-4-3-5-17(20)22-15/h3-8,11-12H,9-10H2,1-2H3,(H,21,25). The monoisotopic (exact) mass is 430 g/mol. The van der Waals surface area contributed by atoms with Gasteiger partial charge in [0.1, 0.15) is 15.8 Å². The molecule has 1 saturated heterocycles. The van der Waals surface area contributed by atoms with E-state index in [1.54, 1.807) is 30.3 Å². The molecule has 0 aliphatic carbocycles. The van der Waals surface area contributed by atoms with Crippen molar-refractivity contribution in [1.82, 2.24) is 9.97 Å². The number of fused-ring (bicyclic) bond motifs is 1. The highest BCUT2D eigenvalue weighted by Gasteiger charge is 2.25. The summed E-state index contributed by atoms with van der Waals surface area (Å²) in [4.78, 5) is 23.2. The third-order valence-electron chi connectivity index (χ3n) is 4.27. The number of hydrogen-bond donors (Lipinski definition) is 1. The first-order chi connectivity index (χ1) is 13.0. The van der Waals surface area contributed by atoms with E-state index >= 15 is 0 Å². The molecule has 1 fully saturated rings. The van der Waals surface area contributed by atoms with E-state index in [4.69, 9.17) is 9.15 Å². The van der Waals surface area contributed by atoms with Gasteiger partial charge in [0.25, 0.3) is 11.9 Å². The molecule has 0 spiro atoms. The molecule has 140 valence electrons. The van der Waals surface area contributed by atoms with Gasteiger partial charge in [-0.25, -0.2) is 4.98 Å². The van der Waals surface area contributed by atoms with Gasteiger partial charge in [-0.2, -0.15) is 4.98 Å².